The zero-order valence-corrected chi connectivity index (χ0v) is 17.1. The Morgan fingerprint density at radius 3 is 0.706 bits per heavy atom. The average molecular weight is 410 g/mol. The Bertz CT molecular complexity index is 53.4. The number of nitrogens with zero attached hydrogens (tertiary/aromatic N) is 3. The van der Waals surface area contributed by atoms with E-state index in [0.29, 0.717) is 0 Å². The summed E-state index contributed by atoms with van der Waals surface area (Å²) in [6.07, 6.45) is 0. The summed E-state index contributed by atoms with van der Waals surface area (Å²) in [7, 11) is 5.42. The first-order valence-electron chi connectivity index (χ1n) is 5.91. The molecule has 0 aromatic carbocycles. The summed E-state index contributed by atoms with van der Waals surface area (Å²) in [4.78, 5) is 0. The summed E-state index contributed by atoms with van der Waals surface area (Å²) >= 11 is 0. The first kappa shape index (κ1) is 30.6. The van der Waals surface area contributed by atoms with Gasteiger partial charge in [-0.1, -0.05) is 20.8 Å². The maximum atomic E-state index is 3.74. The third-order valence-corrected chi connectivity index (χ3v) is 0.949. The maximum absolute atomic E-state index is 3.74. The SMILES string of the molecule is CC[N-]C.CC[N-]C.CC[N-]C.C[C-](C)C.[Hf+4]. The predicted molar refractivity (Wildman–Crippen MR) is 79.7 cm³/mol. The molecular formula is C13H33HfN3. The Labute approximate surface area is 130 Å². The van der Waals surface area contributed by atoms with Crippen LogP contribution in [0.25, 0.3) is 16.0 Å². The summed E-state index contributed by atoms with van der Waals surface area (Å²) in [6, 6.07) is 0. The smallest absolute Gasteiger partial charge is 0.665 e. The van der Waals surface area contributed by atoms with Crippen LogP contribution in [0.1, 0.15) is 41.5 Å². The molecule has 3 nitrogen and oxygen atoms in total. The van der Waals surface area contributed by atoms with Crippen molar-refractivity contribution in [1.29, 1.82) is 0 Å². The van der Waals surface area contributed by atoms with Gasteiger partial charge in [-0.3, -0.25) is 0 Å². The van der Waals surface area contributed by atoms with Gasteiger partial charge >= 0.3 is 25.8 Å². The van der Waals surface area contributed by atoms with Gasteiger partial charge in [-0.25, -0.2) is 0 Å². The molecule has 0 aliphatic carbocycles. The second kappa shape index (κ2) is 43.7. The van der Waals surface area contributed by atoms with E-state index >= 15 is 0 Å². The zero-order chi connectivity index (χ0) is 13.8. The minimum Gasteiger partial charge on any atom is -0.665 e. The molecule has 0 bridgehead atoms. The molecular weight excluding hydrogens is 377 g/mol. The Balaban J connectivity index is -0.0000000369. The van der Waals surface area contributed by atoms with Crippen LogP contribution in [0.4, 0.5) is 0 Å². The largest absolute Gasteiger partial charge is 4.00 e. The zero-order valence-electron chi connectivity index (χ0n) is 13.5. The van der Waals surface area contributed by atoms with E-state index in [-0.39, 0.29) is 25.8 Å². The minimum absolute atomic E-state index is 0. The van der Waals surface area contributed by atoms with E-state index in [1.54, 1.807) is 21.1 Å². The van der Waals surface area contributed by atoms with E-state index in [4.69, 9.17) is 0 Å². The molecule has 0 aliphatic rings. The van der Waals surface area contributed by atoms with Gasteiger partial charge in [0.2, 0.25) is 0 Å². The van der Waals surface area contributed by atoms with Crippen LogP contribution in [0.3, 0.4) is 0 Å². The Kier molecular flexibility index (Phi) is 78.8. The van der Waals surface area contributed by atoms with Crippen LogP contribution in [0.15, 0.2) is 0 Å². The van der Waals surface area contributed by atoms with Gasteiger partial charge in [-0.05, 0) is 0 Å². The molecule has 4 heteroatoms. The van der Waals surface area contributed by atoms with Gasteiger partial charge in [0.1, 0.15) is 0 Å². The van der Waals surface area contributed by atoms with Crippen LogP contribution < -0.4 is 0 Å². The first-order valence-corrected chi connectivity index (χ1v) is 5.91. The molecule has 0 amide bonds. The molecule has 0 spiro atoms. The van der Waals surface area contributed by atoms with E-state index < -0.39 is 0 Å². The molecule has 0 fully saturated rings. The summed E-state index contributed by atoms with van der Waals surface area (Å²) in [5, 5.41) is 11.2. The topological polar surface area (TPSA) is 42.3 Å². The number of hydrogen-bond donors (Lipinski definition) is 0. The van der Waals surface area contributed by atoms with Crippen molar-refractivity contribution in [1.82, 2.24) is 0 Å². The van der Waals surface area contributed by atoms with Crippen molar-refractivity contribution in [3.63, 3.8) is 0 Å². The van der Waals surface area contributed by atoms with Gasteiger partial charge in [0.15, 0.2) is 0 Å². The molecule has 0 saturated carbocycles. The molecule has 17 heavy (non-hydrogen) atoms. The quantitative estimate of drug-likeness (QED) is 0.481. The predicted octanol–water partition coefficient (Wildman–Crippen LogP) is 4.65. The molecule has 0 atom stereocenters. The standard InChI is InChI=1S/C4H9.3C3H8N.Hf/c1-4(2)3;3*1-3-4-2;/h1-3H3;3*3H2,1-2H3;/q4*-1;+4. The second-order valence-corrected chi connectivity index (χ2v) is 3.40. The molecule has 0 aromatic heterocycles. The van der Waals surface area contributed by atoms with E-state index in [1.807, 2.05) is 20.8 Å². The van der Waals surface area contributed by atoms with Gasteiger partial charge < -0.3 is 21.9 Å². The molecule has 0 radical (unpaired) electrons. The van der Waals surface area contributed by atoms with Gasteiger partial charge in [0.25, 0.3) is 0 Å². The van der Waals surface area contributed by atoms with E-state index in [2.05, 4.69) is 36.7 Å². The first-order chi connectivity index (χ1) is 7.47. The van der Waals surface area contributed by atoms with E-state index in [0.717, 1.165) is 19.6 Å². The molecule has 0 unspecified atom stereocenters. The van der Waals surface area contributed by atoms with E-state index in [9.17, 15) is 0 Å². The Hall–Kier alpha value is 0.750. The van der Waals surface area contributed by atoms with Crippen LogP contribution in [-0.2, 0) is 25.8 Å². The molecule has 0 aliphatic heterocycles. The van der Waals surface area contributed by atoms with Crippen molar-refractivity contribution >= 4 is 0 Å². The van der Waals surface area contributed by atoms with Crippen LogP contribution in [0.5, 0.6) is 0 Å². The van der Waals surface area contributed by atoms with Crippen molar-refractivity contribution in [2.75, 3.05) is 40.8 Å². The fourth-order valence-electron chi connectivity index (χ4n) is 0. The third kappa shape index (κ3) is 259. The van der Waals surface area contributed by atoms with Crippen LogP contribution in [-0.4, -0.2) is 40.8 Å². The van der Waals surface area contributed by atoms with Crippen LogP contribution in [0, 0.1) is 5.92 Å². The monoisotopic (exact) mass is 411 g/mol. The summed E-state index contributed by atoms with van der Waals surface area (Å²) in [6.45, 7) is 15.1. The van der Waals surface area contributed by atoms with E-state index in [1.165, 1.54) is 5.92 Å². The fourth-order valence-corrected chi connectivity index (χ4v) is 0. The summed E-state index contributed by atoms with van der Waals surface area (Å²) in [5.74, 6) is 1.42. The van der Waals surface area contributed by atoms with Gasteiger partial charge in [-0.15, -0.1) is 0 Å². The van der Waals surface area contributed by atoms with Gasteiger partial charge in [-0.2, -0.15) is 61.5 Å². The number of hydrogen-bond acceptors (Lipinski definition) is 0. The van der Waals surface area contributed by atoms with Crippen molar-refractivity contribution in [2.45, 2.75) is 41.5 Å². The Morgan fingerprint density at radius 1 is 0.647 bits per heavy atom. The molecule has 0 N–H and O–H groups in total. The van der Waals surface area contributed by atoms with Crippen molar-refractivity contribution in [2.24, 2.45) is 0 Å². The summed E-state index contributed by atoms with van der Waals surface area (Å²) in [5.41, 5.74) is 0. The average Bonchev–Trinajstić information content (AvgIpc) is 2.28. The van der Waals surface area contributed by atoms with Crippen LogP contribution in [0.2, 0.25) is 0 Å². The van der Waals surface area contributed by atoms with Gasteiger partial charge in [0, 0.05) is 0 Å². The molecule has 0 aromatic rings. The normalized spacial score (nSPS) is 7.41. The molecule has 0 saturated heterocycles. The number of rotatable bonds is 3. The van der Waals surface area contributed by atoms with Gasteiger partial charge in [0.05, 0.1) is 0 Å². The van der Waals surface area contributed by atoms with Crippen molar-refractivity contribution in [3.8, 4) is 0 Å². The molecule has 0 heterocycles. The molecule has 0 rings (SSSR count). The van der Waals surface area contributed by atoms with Crippen LogP contribution >= 0.6 is 0 Å². The maximum Gasteiger partial charge on any atom is 4.00 e. The third-order valence-electron chi connectivity index (χ3n) is 0.949. The fraction of sp³-hybridized carbons (Fsp3) is 0.923. The molecule has 104 valence electrons. The summed E-state index contributed by atoms with van der Waals surface area (Å²) < 4.78 is 0. The minimum atomic E-state index is 0. The van der Waals surface area contributed by atoms with Crippen molar-refractivity contribution < 1.29 is 25.8 Å². The second-order valence-electron chi connectivity index (χ2n) is 3.40. The Morgan fingerprint density at radius 2 is 0.706 bits per heavy atom. The van der Waals surface area contributed by atoms with Crippen molar-refractivity contribution in [3.05, 3.63) is 21.9 Å².